The highest BCUT2D eigenvalue weighted by Gasteiger charge is 2.08. The van der Waals surface area contributed by atoms with Crippen molar-refractivity contribution >= 4 is 29.9 Å². The fourth-order valence-electron chi connectivity index (χ4n) is 2.45. The van der Waals surface area contributed by atoms with Crippen LogP contribution in [-0.2, 0) is 13.0 Å². The molecule has 0 bridgehead atoms. The van der Waals surface area contributed by atoms with Crippen LogP contribution in [0, 0.1) is 11.6 Å². The lowest BCUT2D eigenvalue weighted by molar-refractivity contribution is 0.390. The summed E-state index contributed by atoms with van der Waals surface area (Å²) < 4.78 is 37.4. The molecule has 0 aliphatic heterocycles. The number of guanidine groups is 1. The molecule has 0 spiro atoms. The van der Waals surface area contributed by atoms with Gasteiger partial charge >= 0.3 is 0 Å². The predicted molar refractivity (Wildman–Crippen MR) is 113 cm³/mol. The van der Waals surface area contributed by atoms with Gasteiger partial charge in [0.25, 0.3) is 0 Å². The van der Waals surface area contributed by atoms with Crippen molar-refractivity contribution in [1.29, 1.82) is 0 Å². The topological polar surface area (TPSA) is 54.9 Å². The van der Waals surface area contributed by atoms with E-state index in [4.69, 9.17) is 9.47 Å². The molecule has 0 radical (unpaired) electrons. The summed E-state index contributed by atoms with van der Waals surface area (Å²) >= 11 is 0. The second-order valence-electron chi connectivity index (χ2n) is 5.49. The summed E-state index contributed by atoms with van der Waals surface area (Å²) in [5, 5.41) is 6.24. The molecule has 0 saturated heterocycles. The van der Waals surface area contributed by atoms with E-state index in [1.807, 2.05) is 12.1 Å². The van der Waals surface area contributed by atoms with E-state index in [0.717, 1.165) is 11.6 Å². The van der Waals surface area contributed by atoms with Gasteiger partial charge in [-0.2, -0.15) is 0 Å². The molecule has 0 saturated carbocycles. The number of ether oxygens (including phenoxy) is 2. The first kappa shape index (κ1) is 22.9. The number of aliphatic imine (C=N–C) groups is 1. The van der Waals surface area contributed by atoms with Crippen LogP contribution < -0.4 is 20.1 Å². The van der Waals surface area contributed by atoms with Crippen LogP contribution in [0.3, 0.4) is 0 Å². The molecule has 0 fully saturated rings. The second kappa shape index (κ2) is 11.6. The highest BCUT2D eigenvalue weighted by Crippen LogP contribution is 2.24. The lowest BCUT2D eigenvalue weighted by Gasteiger charge is -2.14. The van der Waals surface area contributed by atoms with E-state index in [0.29, 0.717) is 42.5 Å². The van der Waals surface area contributed by atoms with Crippen LogP contribution in [0.1, 0.15) is 11.1 Å². The van der Waals surface area contributed by atoms with Crippen LogP contribution in [0.5, 0.6) is 11.5 Å². The molecule has 27 heavy (non-hydrogen) atoms. The number of hydrogen-bond donors (Lipinski definition) is 2. The van der Waals surface area contributed by atoms with E-state index in [-0.39, 0.29) is 24.0 Å². The van der Waals surface area contributed by atoms with Gasteiger partial charge in [-0.25, -0.2) is 8.78 Å². The van der Waals surface area contributed by atoms with Gasteiger partial charge in [-0.05, 0) is 30.2 Å². The van der Waals surface area contributed by atoms with Gasteiger partial charge in [0.2, 0.25) is 0 Å². The number of nitrogens with one attached hydrogen (secondary N) is 2. The van der Waals surface area contributed by atoms with Crippen LogP contribution >= 0.6 is 24.0 Å². The highest BCUT2D eigenvalue weighted by atomic mass is 127. The Bertz CT molecular complexity index is 773. The number of methoxy groups -OCH3 is 2. The Balaban J connectivity index is 0.00000364. The molecule has 0 aromatic heterocycles. The molecule has 0 heterocycles. The molecule has 0 unspecified atom stereocenters. The van der Waals surface area contributed by atoms with Crippen molar-refractivity contribution in [3.8, 4) is 11.5 Å². The maximum absolute atomic E-state index is 13.6. The average molecular weight is 491 g/mol. The van der Waals surface area contributed by atoms with Crippen LogP contribution in [0.15, 0.2) is 41.4 Å². The first-order chi connectivity index (χ1) is 12.6. The third kappa shape index (κ3) is 6.53. The molecule has 0 aliphatic carbocycles. The van der Waals surface area contributed by atoms with Gasteiger partial charge in [0.05, 0.1) is 14.2 Å². The van der Waals surface area contributed by atoms with E-state index in [1.165, 1.54) is 6.07 Å². The Morgan fingerprint density at radius 1 is 1.04 bits per heavy atom. The minimum Gasteiger partial charge on any atom is -0.497 e. The van der Waals surface area contributed by atoms with Crippen molar-refractivity contribution in [2.45, 2.75) is 13.0 Å². The van der Waals surface area contributed by atoms with Gasteiger partial charge in [0.1, 0.15) is 11.5 Å². The number of halogens is 3. The van der Waals surface area contributed by atoms with Crippen LogP contribution in [0.25, 0.3) is 0 Å². The van der Waals surface area contributed by atoms with Gasteiger partial charge in [-0.3, -0.25) is 4.99 Å². The number of nitrogens with zero attached hydrogens (tertiary/aromatic N) is 1. The van der Waals surface area contributed by atoms with Crippen molar-refractivity contribution in [2.24, 2.45) is 4.99 Å². The summed E-state index contributed by atoms with van der Waals surface area (Å²) in [4.78, 5) is 4.12. The first-order valence-electron chi connectivity index (χ1n) is 8.17. The Hall–Kier alpha value is -2.10. The predicted octanol–water partition coefficient (Wildman–Crippen LogP) is 3.51. The van der Waals surface area contributed by atoms with Crippen molar-refractivity contribution in [2.75, 3.05) is 27.8 Å². The Kier molecular flexibility index (Phi) is 9.84. The quantitative estimate of drug-likeness (QED) is 0.354. The fourth-order valence-corrected chi connectivity index (χ4v) is 2.45. The molecule has 8 heteroatoms. The van der Waals surface area contributed by atoms with Gasteiger partial charge in [-0.1, -0.05) is 12.1 Å². The van der Waals surface area contributed by atoms with E-state index >= 15 is 0 Å². The number of benzene rings is 2. The zero-order valence-corrected chi connectivity index (χ0v) is 17.8. The van der Waals surface area contributed by atoms with E-state index in [2.05, 4.69) is 15.6 Å². The normalized spacial score (nSPS) is 10.8. The SMILES string of the molecule is CN=C(NCCc1cccc(F)c1F)NCc1ccc(OC)cc1OC.I. The molecule has 2 N–H and O–H groups in total. The lowest BCUT2D eigenvalue weighted by Crippen LogP contribution is -2.38. The summed E-state index contributed by atoms with van der Waals surface area (Å²) in [5.41, 5.74) is 1.26. The molecule has 0 atom stereocenters. The summed E-state index contributed by atoms with van der Waals surface area (Å²) in [6.45, 7) is 0.904. The average Bonchev–Trinajstić information content (AvgIpc) is 2.67. The molecule has 0 amide bonds. The summed E-state index contributed by atoms with van der Waals surface area (Å²) in [7, 11) is 4.84. The Labute approximate surface area is 175 Å². The maximum atomic E-state index is 13.6. The van der Waals surface area contributed by atoms with Gasteiger partial charge < -0.3 is 20.1 Å². The Morgan fingerprint density at radius 2 is 1.81 bits per heavy atom. The summed E-state index contributed by atoms with van der Waals surface area (Å²) in [6.07, 6.45) is 0.343. The third-order valence-corrected chi connectivity index (χ3v) is 3.88. The Morgan fingerprint density at radius 3 is 2.48 bits per heavy atom. The zero-order valence-electron chi connectivity index (χ0n) is 15.5. The lowest BCUT2D eigenvalue weighted by atomic mass is 10.1. The minimum atomic E-state index is -0.836. The second-order valence-corrected chi connectivity index (χ2v) is 5.49. The molecule has 0 aliphatic rings. The number of rotatable bonds is 7. The van der Waals surface area contributed by atoms with E-state index < -0.39 is 11.6 Å². The van der Waals surface area contributed by atoms with E-state index in [1.54, 1.807) is 33.4 Å². The molecule has 5 nitrogen and oxygen atoms in total. The molecular formula is C19H24F2IN3O2. The first-order valence-corrected chi connectivity index (χ1v) is 8.17. The van der Waals surface area contributed by atoms with Gasteiger partial charge in [0.15, 0.2) is 17.6 Å². The molecular weight excluding hydrogens is 467 g/mol. The van der Waals surface area contributed by atoms with Crippen LogP contribution in [0.2, 0.25) is 0 Å². The third-order valence-electron chi connectivity index (χ3n) is 3.88. The van der Waals surface area contributed by atoms with Crippen molar-refractivity contribution in [1.82, 2.24) is 10.6 Å². The van der Waals surface area contributed by atoms with Crippen molar-refractivity contribution in [3.63, 3.8) is 0 Å². The van der Waals surface area contributed by atoms with Crippen molar-refractivity contribution in [3.05, 3.63) is 59.2 Å². The molecule has 2 aromatic carbocycles. The minimum absolute atomic E-state index is 0. The van der Waals surface area contributed by atoms with Crippen molar-refractivity contribution < 1.29 is 18.3 Å². The van der Waals surface area contributed by atoms with Gasteiger partial charge in [0, 0.05) is 31.8 Å². The molecule has 148 valence electrons. The maximum Gasteiger partial charge on any atom is 0.191 e. The van der Waals surface area contributed by atoms with E-state index in [9.17, 15) is 8.78 Å². The fraction of sp³-hybridized carbons (Fsp3) is 0.316. The van der Waals surface area contributed by atoms with Gasteiger partial charge in [-0.15, -0.1) is 24.0 Å². The molecule has 2 rings (SSSR count). The van der Waals surface area contributed by atoms with Crippen LogP contribution in [0.4, 0.5) is 8.78 Å². The summed E-state index contributed by atoms with van der Waals surface area (Å²) in [6, 6.07) is 9.73. The number of hydrogen-bond acceptors (Lipinski definition) is 3. The monoisotopic (exact) mass is 491 g/mol. The standard InChI is InChI=1S/C19H23F2N3O2.HI/c1-22-19(23-10-9-13-5-4-6-16(20)18(13)21)24-12-14-7-8-15(25-2)11-17(14)26-3;/h4-8,11H,9-10,12H2,1-3H3,(H2,22,23,24);1H. The zero-order chi connectivity index (χ0) is 18.9. The highest BCUT2D eigenvalue weighted by molar-refractivity contribution is 14.0. The summed E-state index contributed by atoms with van der Waals surface area (Å²) in [5.74, 6) is 0.330. The van der Waals surface area contributed by atoms with Crippen LogP contribution in [-0.4, -0.2) is 33.8 Å². The molecule has 2 aromatic rings. The largest absolute Gasteiger partial charge is 0.497 e. The smallest absolute Gasteiger partial charge is 0.191 e.